The lowest BCUT2D eigenvalue weighted by Crippen LogP contribution is -2.41. The quantitative estimate of drug-likeness (QED) is 0.404. The average molecular weight is 219 g/mol. The van der Waals surface area contributed by atoms with Crippen molar-refractivity contribution in [3.8, 4) is 0 Å². The van der Waals surface area contributed by atoms with Gasteiger partial charge in [0, 0.05) is 27.3 Å². The molecule has 0 unspecified atom stereocenters. The Morgan fingerprint density at radius 1 is 1.43 bits per heavy atom. The van der Waals surface area contributed by atoms with Crippen molar-refractivity contribution in [2.24, 2.45) is 0 Å². The van der Waals surface area contributed by atoms with E-state index >= 15 is 0 Å². The van der Waals surface area contributed by atoms with Gasteiger partial charge in [-0.1, -0.05) is 0 Å². The third-order valence-corrected chi connectivity index (χ3v) is 1.79. The molecule has 0 aliphatic carbocycles. The van der Waals surface area contributed by atoms with Gasteiger partial charge in [-0.05, 0) is 18.6 Å². The number of amides is 1. The van der Waals surface area contributed by atoms with Crippen molar-refractivity contribution in [2.45, 2.75) is 6.42 Å². The number of carbonyl (C=O) groups is 1. The molecule has 0 aliphatic heterocycles. The maximum absolute atomic E-state index is 10.8. The molecule has 1 amide bonds. The molecule has 0 saturated heterocycles. The Kier molecular flexibility index (Phi) is 8.16. The summed E-state index contributed by atoms with van der Waals surface area (Å²) in [5, 5.41) is 8.71. The second-order valence-electron chi connectivity index (χ2n) is 2.63. The topological polar surface area (TPSA) is 62.4 Å². The molecular weight excluding hydrogens is 202 g/mol. The minimum atomic E-state index is -0.0916. The molecule has 0 spiro atoms. The maximum atomic E-state index is 10.8. The molecule has 14 heavy (non-hydrogen) atoms. The predicted molar refractivity (Wildman–Crippen MR) is 59.2 cm³/mol. The number of likely N-dealkylation sites (N-methyl/N-ethyl adjacent to an activating group) is 1. The fourth-order valence-electron chi connectivity index (χ4n) is 0.730. The largest absolute Gasteiger partial charge is 0.385 e. The van der Waals surface area contributed by atoms with E-state index in [1.807, 2.05) is 0 Å². The number of thiocarbonyl (C=S) groups is 1. The number of hydrogen-bond acceptors (Lipinski definition) is 3. The second kappa shape index (κ2) is 8.71. The molecule has 0 aromatic carbocycles. The summed E-state index contributed by atoms with van der Waals surface area (Å²) in [6.45, 7) is 1.64. The number of carbonyl (C=O) groups excluding carboxylic acids is 1. The number of methoxy groups -OCH3 is 1. The molecule has 82 valence electrons. The van der Waals surface area contributed by atoms with Crippen LogP contribution in [0, 0.1) is 0 Å². The fraction of sp³-hybridized carbons (Fsp3) is 0.750. The Bertz CT molecular complexity index is 187. The van der Waals surface area contributed by atoms with Gasteiger partial charge in [0.2, 0.25) is 5.91 Å². The van der Waals surface area contributed by atoms with Crippen LogP contribution in [0.5, 0.6) is 0 Å². The van der Waals surface area contributed by atoms with Crippen LogP contribution < -0.4 is 16.0 Å². The number of hydrogen-bond donors (Lipinski definition) is 3. The molecular formula is C8H17N3O2S. The van der Waals surface area contributed by atoms with Crippen molar-refractivity contribution in [3.05, 3.63) is 0 Å². The summed E-state index contributed by atoms with van der Waals surface area (Å²) < 4.78 is 4.87. The van der Waals surface area contributed by atoms with Gasteiger partial charge in [-0.2, -0.15) is 0 Å². The molecule has 0 aromatic heterocycles. The van der Waals surface area contributed by atoms with E-state index < -0.39 is 0 Å². The highest BCUT2D eigenvalue weighted by molar-refractivity contribution is 7.80. The van der Waals surface area contributed by atoms with Gasteiger partial charge in [0.15, 0.2) is 5.11 Å². The zero-order valence-electron chi connectivity index (χ0n) is 8.55. The van der Waals surface area contributed by atoms with Gasteiger partial charge < -0.3 is 20.7 Å². The zero-order valence-corrected chi connectivity index (χ0v) is 9.37. The standard InChI is InChI=1S/C8H17N3O2S/c1-9-7(12)6-11-8(14)10-4-3-5-13-2/h3-6H2,1-2H3,(H,9,12)(H2,10,11,14). The van der Waals surface area contributed by atoms with Crippen molar-refractivity contribution in [1.82, 2.24) is 16.0 Å². The molecule has 0 atom stereocenters. The van der Waals surface area contributed by atoms with Crippen LogP contribution in [0.4, 0.5) is 0 Å². The van der Waals surface area contributed by atoms with Crippen molar-refractivity contribution in [3.63, 3.8) is 0 Å². The zero-order chi connectivity index (χ0) is 10.8. The molecule has 0 aliphatic rings. The minimum Gasteiger partial charge on any atom is -0.385 e. The highest BCUT2D eigenvalue weighted by Gasteiger charge is 1.98. The molecule has 0 fully saturated rings. The Morgan fingerprint density at radius 2 is 2.14 bits per heavy atom. The lowest BCUT2D eigenvalue weighted by molar-refractivity contribution is -0.119. The first-order valence-corrected chi connectivity index (χ1v) is 4.82. The molecule has 0 radical (unpaired) electrons. The van der Waals surface area contributed by atoms with Gasteiger partial charge in [0.25, 0.3) is 0 Å². The first-order valence-electron chi connectivity index (χ1n) is 4.42. The van der Waals surface area contributed by atoms with E-state index in [4.69, 9.17) is 17.0 Å². The average Bonchev–Trinajstić information content (AvgIpc) is 2.21. The second-order valence-corrected chi connectivity index (χ2v) is 3.04. The first kappa shape index (κ1) is 13.1. The van der Waals surface area contributed by atoms with Gasteiger partial charge in [0.05, 0.1) is 6.54 Å². The van der Waals surface area contributed by atoms with Crippen molar-refractivity contribution in [1.29, 1.82) is 0 Å². The summed E-state index contributed by atoms with van der Waals surface area (Å²) in [4.78, 5) is 10.8. The van der Waals surface area contributed by atoms with Gasteiger partial charge in [-0.25, -0.2) is 0 Å². The summed E-state index contributed by atoms with van der Waals surface area (Å²) in [6.07, 6.45) is 0.887. The van der Waals surface area contributed by atoms with E-state index in [0.717, 1.165) is 13.0 Å². The summed E-state index contributed by atoms with van der Waals surface area (Å²) in [5.74, 6) is -0.0916. The van der Waals surface area contributed by atoms with E-state index in [1.54, 1.807) is 14.2 Å². The number of ether oxygens (including phenoxy) is 1. The van der Waals surface area contributed by atoms with Crippen LogP contribution in [0.1, 0.15) is 6.42 Å². The Hall–Kier alpha value is -0.880. The van der Waals surface area contributed by atoms with Gasteiger partial charge in [-0.3, -0.25) is 4.79 Å². The molecule has 0 rings (SSSR count). The Morgan fingerprint density at radius 3 is 2.71 bits per heavy atom. The van der Waals surface area contributed by atoms with Crippen LogP contribution in [-0.2, 0) is 9.53 Å². The van der Waals surface area contributed by atoms with Crippen LogP contribution in [0.2, 0.25) is 0 Å². The molecule has 5 nitrogen and oxygen atoms in total. The number of rotatable bonds is 6. The van der Waals surface area contributed by atoms with Crippen LogP contribution in [0.3, 0.4) is 0 Å². The Balaban J connectivity index is 3.32. The lowest BCUT2D eigenvalue weighted by atomic mass is 10.4. The van der Waals surface area contributed by atoms with Crippen molar-refractivity contribution < 1.29 is 9.53 Å². The fourth-order valence-corrected chi connectivity index (χ4v) is 0.904. The normalized spacial score (nSPS) is 9.29. The van der Waals surface area contributed by atoms with Crippen LogP contribution >= 0.6 is 12.2 Å². The smallest absolute Gasteiger partial charge is 0.239 e. The maximum Gasteiger partial charge on any atom is 0.239 e. The van der Waals surface area contributed by atoms with Crippen molar-refractivity contribution in [2.75, 3.05) is 33.9 Å². The van der Waals surface area contributed by atoms with E-state index in [0.29, 0.717) is 11.7 Å². The third kappa shape index (κ3) is 7.75. The van der Waals surface area contributed by atoms with E-state index in [1.165, 1.54) is 0 Å². The van der Waals surface area contributed by atoms with E-state index in [9.17, 15) is 4.79 Å². The van der Waals surface area contributed by atoms with Crippen molar-refractivity contribution >= 4 is 23.2 Å². The predicted octanol–water partition coefficient (Wildman–Crippen LogP) is -0.767. The molecule has 6 heteroatoms. The summed E-state index contributed by atoms with van der Waals surface area (Å²) >= 11 is 4.93. The lowest BCUT2D eigenvalue weighted by Gasteiger charge is -2.09. The number of nitrogens with one attached hydrogen (secondary N) is 3. The monoisotopic (exact) mass is 219 g/mol. The summed E-state index contributed by atoms with van der Waals surface area (Å²) in [6, 6.07) is 0. The Labute approximate surface area is 89.6 Å². The minimum absolute atomic E-state index is 0.0916. The molecule has 3 N–H and O–H groups in total. The highest BCUT2D eigenvalue weighted by atomic mass is 32.1. The van der Waals surface area contributed by atoms with E-state index in [2.05, 4.69) is 16.0 Å². The molecule has 0 aromatic rings. The molecule has 0 saturated carbocycles. The van der Waals surface area contributed by atoms with Crippen LogP contribution in [0.15, 0.2) is 0 Å². The summed E-state index contributed by atoms with van der Waals surface area (Å²) in [7, 11) is 3.24. The molecule has 0 heterocycles. The third-order valence-electron chi connectivity index (χ3n) is 1.50. The van der Waals surface area contributed by atoms with Gasteiger partial charge in [-0.15, -0.1) is 0 Å². The van der Waals surface area contributed by atoms with E-state index in [-0.39, 0.29) is 12.5 Å². The highest BCUT2D eigenvalue weighted by Crippen LogP contribution is 1.77. The van der Waals surface area contributed by atoms with Gasteiger partial charge in [0.1, 0.15) is 0 Å². The van der Waals surface area contributed by atoms with Crippen LogP contribution in [-0.4, -0.2) is 44.9 Å². The SMILES string of the molecule is CNC(=O)CNC(=S)NCCCOC. The van der Waals surface area contributed by atoms with Gasteiger partial charge >= 0.3 is 0 Å². The molecule has 0 bridgehead atoms. The first-order chi connectivity index (χ1) is 6.70. The van der Waals surface area contributed by atoms with Crippen LogP contribution in [0.25, 0.3) is 0 Å². The summed E-state index contributed by atoms with van der Waals surface area (Å²) in [5.41, 5.74) is 0.